The molecular formula is C12H15BrFNO. The molecule has 88 valence electrons. The maximum Gasteiger partial charge on any atom is 0.128 e. The first kappa shape index (κ1) is 11.9. The van der Waals surface area contributed by atoms with Gasteiger partial charge in [0.15, 0.2) is 0 Å². The molecule has 0 radical (unpaired) electrons. The van der Waals surface area contributed by atoms with Crippen LogP contribution in [-0.4, -0.2) is 13.2 Å². The molecule has 1 aliphatic carbocycles. The van der Waals surface area contributed by atoms with Gasteiger partial charge >= 0.3 is 0 Å². The van der Waals surface area contributed by atoms with Gasteiger partial charge in [0.25, 0.3) is 0 Å². The number of hydrogen-bond donors (Lipinski definition) is 1. The summed E-state index contributed by atoms with van der Waals surface area (Å²) in [4.78, 5) is 0. The Morgan fingerprint density at radius 3 is 2.69 bits per heavy atom. The van der Waals surface area contributed by atoms with Gasteiger partial charge in [-0.25, -0.2) is 4.39 Å². The summed E-state index contributed by atoms with van der Waals surface area (Å²) in [5.74, 6) is 0.295. The maximum atomic E-state index is 13.1. The van der Waals surface area contributed by atoms with Crippen molar-refractivity contribution in [1.82, 2.24) is 0 Å². The molecule has 2 rings (SSSR count). The molecule has 2 N–H and O–H groups in total. The van der Waals surface area contributed by atoms with Gasteiger partial charge in [-0.05, 0) is 37.9 Å². The van der Waals surface area contributed by atoms with E-state index in [-0.39, 0.29) is 11.2 Å². The normalized spacial score (nSPS) is 17.2. The van der Waals surface area contributed by atoms with E-state index in [4.69, 9.17) is 10.5 Å². The molecule has 16 heavy (non-hydrogen) atoms. The summed E-state index contributed by atoms with van der Waals surface area (Å²) in [7, 11) is 0. The molecule has 0 bridgehead atoms. The zero-order valence-corrected chi connectivity index (χ0v) is 10.6. The second-order valence-corrected chi connectivity index (χ2v) is 5.35. The van der Waals surface area contributed by atoms with E-state index >= 15 is 0 Å². The predicted molar refractivity (Wildman–Crippen MR) is 64.9 cm³/mol. The molecule has 0 heterocycles. The van der Waals surface area contributed by atoms with Crippen molar-refractivity contribution in [3.8, 4) is 5.75 Å². The van der Waals surface area contributed by atoms with Crippen molar-refractivity contribution >= 4 is 15.9 Å². The van der Waals surface area contributed by atoms with Crippen LogP contribution in [0.4, 0.5) is 4.39 Å². The molecule has 1 aromatic rings. The zero-order chi connectivity index (χ0) is 11.6. The van der Waals surface area contributed by atoms with E-state index < -0.39 is 0 Å². The second kappa shape index (κ2) is 4.72. The van der Waals surface area contributed by atoms with Crippen molar-refractivity contribution in [2.45, 2.75) is 19.3 Å². The van der Waals surface area contributed by atoms with Crippen LogP contribution in [0.15, 0.2) is 22.7 Å². The largest absolute Gasteiger partial charge is 0.493 e. The van der Waals surface area contributed by atoms with Gasteiger partial charge < -0.3 is 10.5 Å². The summed E-state index contributed by atoms with van der Waals surface area (Å²) < 4.78 is 19.4. The first-order chi connectivity index (χ1) is 7.63. The third kappa shape index (κ3) is 2.95. The lowest BCUT2D eigenvalue weighted by Gasteiger charge is -2.15. The Bertz CT molecular complexity index is 359. The molecular weight excluding hydrogens is 273 g/mol. The van der Waals surface area contributed by atoms with E-state index in [1.807, 2.05) is 0 Å². The fourth-order valence-corrected chi connectivity index (χ4v) is 2.24. The zero-order valence-electron chi connectivity index (χ0n) is 9.01. The van der Waals surface area contributed by atoms with Gasteiger partial charge in [-0.1, -0.05) is 15.9 Å². The topological polar surface area (TPSA) is 35.2 Å². The summed E-state index contributed by atoms with van der Waals surface area (Å²) in [6, 6.07) is 4.60. The minimum absolute atomic E-state index is 0.257. The van der Waals surface area contributed by atoms with Gasteiger partial charge in [-0.15, -0.1) is 0 Å². The molecule has 1 aliphatic rings. The SMILES string of the molecule is NCCC1(COc2cc(F)cc(Br)c2)CC1. The van der Waals surface area contributed by atoms with E-state index in [1.54, 1.807) is 6.07 Å². The number of nitrogens with two attached hydrogens (primary N) is 1. The molecule has 0 unspecified atom stereocenters. The number of benzene rings is 1. The molecule has 4 heteroatoms. The Kier molecular flexibility index (Phi) is 3.50. The Hall–Kier alpha value is -0.610. The Morgan fingerprint density at radius 2 is 2.12 bits per heavy atom. The van der Waals surface area contributed by atoms with E-state index in [1.165, 1.54) is 25.0 Å². The van der Waals surface area contributed by atoms with Crippen molar-refractivity contribution in [3.05, 3.63) is 28.5 Å². The number of halogens is 2. The molecule has 1 fully saturated rings. The molecule has 0 atom stereocenters. The lowest BCUT2D eigenvalue weighted by Crippen LogP contribution is -2.17. The standard InChI is InChI=1S/C12H15BrFNO/c13-9-5-10(14)7-11(6-9)16-8-12(1-2-12)3-4-15/h5-7H,1-4,8,15H2. The predicted octanol–water partition coefficient (Wildman–Crippen LogP) is 3.10. The van der Waals surface area contributed by atoms with Crippen molar-refractivity contribution in [3.63, 3.8) is 0 Å². The molecule has 0 spiro atoms. The number of hydrogen-bond acceptors (Lipinski definition) is 2. The molecule has 0 saturated heterocycles. The molecule has 0 aliphatic heterocycles. The van der Waals surface area contributed by atoms with Crippen LogP contribution in [0.2, 0.25) is 0 Å². The van der Waals surface area contributed by atoms with Crippen LogP contribution >= 0.6 is 15.9 Å². The summed E-state index contributed by atoms with van der Waals surface area (Å²) in [5.41, 5.74) is 5.81. The van der Waals surface area contributed by atoms with E-state index in [0.717, 1.165) is 6.42 Å². The van der Waals surface area contributed by atoms with Crippen molar-refractivity contribution in [1.29, 1.82) is 0 Å². The van der Waals surface area contributed by atoms with Crippen LogP contribution in [0.25, 0.3) is 0 Å². The van der Waals surface area contributed by atoms with Crippen LogP contribution in [-0.2, 0) is 0 Å². The van der Waals surface area contributed by atoms with Crippen LogP contribution < -0.4 is 10.5 Å². The first-order valence-corrected chi connectivity index (χ1v) is 6.22. The summed E-state index contributed by atoms with van der Waals surface area (Å²) in [6.07, 6.45) is 3.32. The molecule has 1 aromatic carbocycles. The number of ether oxygens (including phenoxy) is 1. The minimum Gasteiger partial charge on any atom is -0.493 e. The lowest BCUT2D eigenvalue weighted by molar-refractivity contribution is 0.226. The highest BCUT2D eigenvalue weighted by Gasteiger charge is 2.42. The van der Waals surface area contributed by atoms with Crippen LogP contribution in [0.3, 0.4) is 0 Å². The van der Waals surface area contributed by atoms with Gasteiger partial charge in [-0.2, -0.15) is 0 Å². The van der Waals surface area contributed by atoms with Crippen LogP contribution in [0.5, 0.6) is 5.75 Å². The van der Waals surface area contributed by atoms with Gasteiger partial charge in [0, 0.05) is 16.0 Å². The quantitative estimate of drug-likeness (QED) is 0.903. The Labute approximate surface area is 103 Å². The monoisotopic (exact) mass is 287 g/mol. The van der Waals surface area contributed by atoms with Gasteiger partial charge in [0.1, 0.15) is 11.6 Å². The van der Waals surface area contributed by atoms with Crippen LogP contribution in [0.1, 0.15) is 19.3 Å². The fourth-order valence-electron chi connectivity index (χ4n) is 1.80. The van der Waals surface area contributed by atoms with Gasteiger partial charge in [-0.3, -0.25) is 0 Å². The fraction of sp³-hybridized carbons (Fsp3) is 0.500. The maximum absolute atomic E-state index is 13.1. The van der Waals surface area contributed by atoms with Crippen molar-refractivity contribution < 1.29 is 9.13 Å². The Balaban J connectivity index is 1.94. The second-order valence-electron chi connectivity index (χ2n) is 4.43. The summed E-state index contributed by atoms with van der Waals surface area (Å²) in [6.45, 7) is 1.33. The van der Waals surface area contributed by atoms with Gasteiger partial charge in [0.2, 0.25) is 0 Å². The highest BCUT2D eigenvalue weighted by atomic mass is 79.9. The smallest absolute Gasteiger partial charge is 0.128 e. The highest BCUT2D eigenvalue weighted by Crippen LogP contribution is 2.48. The lowest BCUT2D eigenvalue weighted by atomic mass is 10.0. The molecule has 0 aromatic heterocycles. The summed E-state index contributed by atoms with van der Waals surface area (Å²) in [5, 5.41) is 0. The molecule has 0 amide bonds. The van der Waals surface area contributed by atoms with E-state index in [0.29, 0.717) is 23.4 Å². The first-order valence-electron chi connectivity index (χ1n) is 5.43. The number of rotatable bonds is 5. The summed E-state index contributed by atoms with van der Waals surface area (Å²) >= 11 is 3.24. The molecule has 1 saturated carbocycles. The van der Waals surface area contributed by atoms with Crippen LogP contribution in [0, 0.1) is 11.2 Å². The molecule has 2 nitrogen and oxygen atoms in total. The third-order valence-corrected chi connectivity index (χ3v) is 3.47. The van der Waals surface area contributed by atoms with Crippen molar-refractivity contribution in [2.24, 2.45) is 11.1 Å². The van der Waals surface area contributed by atoms with Gasteiger partial charge in [0.05, 0.1) is 6.61 Å². The minimum atomic E-state index is -0.284. The average molecular weight is 288 g/mol. The average Bonchev–Trinajstić information content (AvgIpc) is 2.95. The van der Waals surface area contributed by atoms with Crippen molar-refractivity contribution in [2.75, 3.05) is 13.2 Å². The van der Waals surface area contributed by atoms with E-state index in [9.17, 15) is 4.39 Å². The highest BCUT2D eigenvalue weighted by molar-refractivity contribution is 9.10. The van der Waals surface area contributed by atoms with E-state index in [2.05, 4.69) is 15.9 Å². The third-order valence-electron chi connectivity index (χ3n) is 3.01. The Morgan fingerprint density at radius 1 is 1.38 bits per heavy atom.